The van der Waals surface area contributed by atoms with E-state index < -0.39 is 63.4 Å². The molecule has 1 aromatic carbocycles. The van der Waals surface area contributed by atoms with Crippen molar-refractivity contribution in [3.8, 4) is 11.5 Å². The largest absolute Gasteiger partial charge is 0.493 e. The van der Waals surface area contributed by atoms with E-state index in [0.29, 0.717) is 48.3 Å². The number of carbonyl (C=O) groups excluding carboxylic acids is 2. The SMILES string of the molecule is CCCC1N(C(=O)C2=CN(C)CC=C2C(F)(F)F)CCCC1(Oc1csc(C(F)(F)F)c1)C(=O)N1CCC(O)(c2ccccc2OCCCCCC(=O)O)CC1. The molecule has 2 N–H and O–H groups in total. The molecule has 5 rings (SSSR count). The summed E-state index contributed by atoms with van der Waals surface area (Å²) < 4.78 is 96.2. The molecule has 2 atom stereocenters. The summed E-state index contributed by atoms with van der Waals surface area (Å²) in [4.78, 5) is 43.1. The summed E-state index contributed by atoms with van der Waals surface area (Å²) >= 11 is 0.377. The van der Waals surface area contributed by atoms with E-state index in [1.807, 2.05) is 0 Å². The predicted molar refractivity (Wildman–Crippen MR) is 195 cm³/mol. The van der Waals surface area contributed by atoms with Crippen LogP contribution in [0.15, 0.2) is 59.1 Å². The third-order valence-corrected chi connectivity index (χ3v) is 11.5. The number of thiophene rings is 1. The minimum Gasteiger partial charge on any atom is -0.493 e. The summed E-state index contributed by atoms with van der Waals surface area (Å²) in [5.74, 6) is -2.29. The van der Waals surface area contributed by atoms with Crippen molar-refractivity contribution in [1.82, 2.24) is 14.7 Å². The molecule has 0 aliphatic carbocycles. The molecule has 0 radical (unpaired) electrons. The Balaban J connectivity index is 1.44. The number of carboxylic acid groups (broad SMARTS) is 1. The molecule has 3 aliphatic rings. The van der Waals surface area contributed by atoms with E-state index in [1.54, 1.807) is 31.2 Å². The fourth-order valence-electron chi connectivity index (χ4n) is 7.75. The first-order valence-electron chi connectivity index (χ1n) is 18.7. The normalized spacial score (nSPS) is 21.7. The lowest BCUT2D eigenvalue weighted by Gasteiger charge is -2.51. The number of likely N-dealkylation sites (N-methyl/N-ethyl adjacent to an activating group) is 1. The van der Waals surface area contributed by atoms with Gasteiger partial charge in [0.25, 0.3) is 11.8 Å². The van der Waals surface area contributed by atoms with Gasteiger partial charge in [-0.15, -0.1) is 11.3 Å². The highest BCUT2D eigenvalue weighted by atomic mass is 32.1. The third kappa shape index (κ3) is 9.64. The van der Waals surface area contributed by atoms with Crippen LogP contribution in [-0.2, 0) is 26.2 Å². The highest BCUT2D eigenvalue weighted by molar-refractivity contribution is 7.10. The number of benzene rings is 1. The number of amides is 2. The maximum atomic E-state index is 15.0. The van der Waals surface area contributed by atoms with Crippen LogP contribution in [0.1, 0.15) is 81.6 Å². The molecule has 2 amide bonds. The Kier molecular flexibility index (Phi) is 13.4. The number of alkyl halides is 6. The van der Waals surface area contributed by atoms with Crippen LogP contribution < -0.4 is 9.47 Å². The number of aliphatic hydroxyl groups is 1. The van der Waals surface area contributed by atoms with Gasteiger partial charge in [-0.2, -0.15) is 26.3 Å². The van der Waals surface area contributed by atoms with Gasteiger partial charge in [-0.05, 0) is 51.0 Å². The number of carbonyl (C=O) groups is 3. The van der Waals surface area contributed by atoms with Crippen LogP contribution in [0.3, 0.4) is 0 Å². The second-order valence-corrected chi connectivity index (χ2v) is 15.4. The Morgan fingerprint density at radius 2 is 1.70 bits per heavy atom. The van der Waals surface area contributed by atoms with Crippen LogP contribution in [-0.4, -0.2) is 100 Å². The Morgan fingerprint density at radius 1 is 0.982 bits per heavy atom. The molecule has 0 saturated carbocycles. The van der Waals surface area contributed by atoms with E-state index in [9.17, 15) is 45.8 Å². The summed E-state index contributed by atoms with van der Waals surface area (Å²) in [6.07, 6.45) is -5.07. The fraction of sp³-hybridized carbons (Fsp3) is 0.564. The number of carboxylic acids is 1. The van der Waals surface area contributed by atoms with Gasteiger partial charge in [0.05, 0.1) is 29.4 Å². The zero-order chi connectivity index (χ0) is 40.9. The van der Waals surface area contributed by atoms with Crippen molar-refractivity contribution < 1.29 is 60.4 Å². The molecular weight excluding hydrogens is 768 g/mol. The van der Waals surface area contributed by atoms with Crippen LogP contribution >= 0.6 is 11.3 Å². The van der Waals surface area contributed by atoms with Crippen molar-refractivity contribution in [2.45, 2.75) is 101 Å². The summed E-state index contributed by atoms with van der Waals surface area (Å²) in [5.41, 5.74) is -4.61. The van der Waals surface area contributed by atoms with Crippen LogP contribution in [0.5, 0.6) is 11.5 Å². The molecule has 2 saturated heterocycles. The molecule has 10 nitrogen and oxygen atoms in total. The van der Waals surface area contributed by atoms with Gasteiger partial charge in [0, 0.05) is 69.3 Å². The number of unbranched alkanes of at least 4 members (excludes halogenated alkanes) is 2. The Labute approximate surface area is 325 Å². The van der Waals surface area contributed by atoms with Gasteiger partial charge in [0.15, 0.2) is 0 Å². The molecule has 0 bridgehead atoms. The molecule has 4 heterocycles. The van der Waals surface area contributed by atoms with E-state index in [0.717, 1.165) is 23.7 Å². The highest BCUT2D eigenvalue weighted by Crippen LogP contribution is 2.45. The van der Waals surface area contributed by atoms with Crippen molar-refractivity contribution in [3.63, 3.8) is 0 Å². The average Bonchev–Trinajstić information content (AvgIpc) is 3.62. The maximum Gasteiger partial charge on any atom is 0.425 e. The second kappa shape index (κ2) is 17.5. The molecule has 56 heavy (non-hydrogen) atoms. The number of rotatable bonds is 14. The molecule has 2 fully saturated rings. The van der Waals surface area contributed by atoms with Gasteiger partial charge in [-0.25, -0.2) is 0 Å². The van der Waals surface area contributed by atoms with Crippen molar-refractivity contribution >= 4 is 29.1 Å². The molecule has 2 aromatic rings. The zero-order valence-corrected chi connectivity index (χ0v) is 32.1. The van der Waals surface area contributed by atoms with Crippen molar-refractivity contribution in [2.75, 3.05) is 39.8 Å². The quantitative estimate of drug-likeness (QED) is 0.149. The summed E-state index contributed by atoms with van der Waals surface area (Å²) in [6.45, 7) is 1.95. The van der Waals surface area contributed by atoms with Gasteiger partial charge >= 0.3 is 18.3 Å². The number of hydrogen-bond donors (Lipinski definition) is 2. The van der Waals surface area contributed by atoms with Gasteiger partial charge in [-0.3, -0.25) is 14.4 Å². The lowest BCUT2D eigenvalue weighted by molar-refractivity contribution is -0.168. The number of likely N-dealkylation sites (tertiary alicyclic amines) is 2. The van der Waals surface area contributed by atoms with Crippen LogP contribution in [0.2, 0.25) is 0 Å². The van der Waals surface area contributed by atoms with E-state index in [1.165, 1.54) is 21.7 Å². The number of halogens is 6. The standard InChI is InChI=1S/C39H47F6N3O7S/c1-3-10-31-37(55-26-23-32(56-25-26)39(43,44)45,15-9-18-48(31)34(51)27-24-46(2)19-14-28(27)38(40,41)42)35(52)47-20-16-36(53,17-21-47)29-11-6-7-12-30(29)54-22-8-4-5-13-33(49)50/h6-7,11-12,14,23-25,31,53H,3-5,8-10,13,15-22H2,1-2H3,(H,49,50). The molecular formula is C39H47F6N3O7S. The second-order valence-electron chi connectivity index (χ2n) is 14.5. The third-order valence-electron chi connectivity index (χ3n) is 10.5. The van der Waals surface area contributed by atoms with Crippen LogP contribution in [0, 0.1) is 0 Å². The zero-order valence-electron chi connectivity index (χ0n) is 31.3. The lowest BCUT2D eigenvalue weighted by Crippen LogP contribution is -2.69. The molecule has 2 unspecified atom stereocenters. The highest BCUT2D eigenvalue weighted by Gasteiger charge is 2.57. The first-order chi connectivity index (χ1) is 26.4. The van der Waals surface area contributed by atoms with Gasteiger partial charge in [-0.1, -0.05) is 37.6 Å². The topological polar surface area (TPSA) is 120 Å². The van der Waals surface area contributed by atoms with E-state index in [4.69, 9.17) is 14.6 Å². The number of aliphatic carboxylic acids is 1. The van der Waals surface area contributed by atoms with Gasteiger partial charge in [0.2, 0.25) is 5.60 Å². The number of hydrogen-bond acceptors (Lipinski definition) is 8. The number of para-hydroxylation sites is 1. The Morgan fingerprint density at radius 3 is 2.34 bits per heavy atom. The van der Waals surface area contributed by atoms with Crippen molar-refractivity contribution in [2.24, 2.45) is 0 Å². The minimum atomic E-state index is -4.84. The summed E-state index contributed by atoms with van der Waals surface area (Å²) in [6, 6.07) is 6.56. The van der Waals surface area contributed by atoms with Gasteiger partial charge < -0.3 is 34.4 Å². The molecule has 0 spiro atoms. The maximum absolute atomic E-state index is 15.0. The van der Waals surface area contributed by atoms with E-state index in [2.05, 4.69) is 0 Å². The minimum absolute atomic E-state index is 0.00883. The Bertz CT molecular complexity index is 1790. The monoisotopic (exact) mass is 815 g/mol. The number of piperidine rings is 2. The number of nitrogens with zero attached hydrogens (tertiary/aromatic N) is 3. The lowest BCUT2D eigenvalue weighted by atomic mass is 9.78. The first kappa shape index (κ1) is 42.9. The average molecular weight is 816 g/mol. The fourth-order valence-corrected chi connectivity index (χ4v) is 8.42. The van der Waals surface area contributed by atoms with E-state index in [-0.39, 0.29) is 77.1 Å². The molecule has 17 heteroatoms. The van der Waals surface area contributed by atoms with Gasteiger partial charge in [0.1, 0.15) is 16.4 Å². The molecule has 3 aliphatic heterocycles. The summed E-state index contributed by atoms with van der Waals surface area (Å²) in [7, 11) is 1.52. The predicted octanol–water partition coefficient (Wildman–Crippen LogP) is 7.53. The number of ether oxygens (including phenoxy) is 2. The molecule has 308 valence electrons. The molecule has 1 aromatic heterocycles. The summed E-state index contributed by atoms with van der Waals surface area (Å²) in [5, 5.41) is 21.9. The Hall–Kier alpha value is -4.25. The van der Waals surface area contributed by atoms with Crippen molar-refractivity contribution in [3.05, 3.63) is 69.6 Å². The van der Waals surface area contributed by atoms with Crippen LogP contribution in [0.4, 0.5) is 26.3 Å². The van der Waals surface area contributed by atoms with E-state index >= 15 is 0 Å². The van der Waals surface area contributed by atoms with Crippen LogP contribution in [0.25, 0.3) is 0 Å². The smallest absolute Gasteiger partial charge is 0.425 e. The van der Waals surface area contributed by atoms with Crippen molar-refractivity contribution in [1.29, 1.82) is 0 Å². The first-order valence-corrected chi connectivity index (χ1v) is 19.6.